The van der Waals surface area contributed by atoms with Crippen molar-refractivity contribution in [2.24, 2.45) is 0 Å². The van der Waals surface area contributed by atoms with Gasteiger partial charge in [-0.05, 0) is 55.3 Å². The third kappa shape index (κ3) is 4.26. The van der Waals surface area contributed by atoms with E-state index >= 15 is 0 Å². The number of anilines is 1. The van der Waals surface area contributed by atoms with E-state index < -0.39 is 6.04 Å². The molecule has 0 saturated carbocycles. The molecule has 1 saturated heterocycles. The number of carbonyl (C=O) groups is 2. The second-order valence-corrected chi connectivity index (χ2v) is 7.56. The SMILES string of the molecule is O=C(Nc1ccc(-n2cncn2)cc1)C1CCCN1C(=O)c1cc(Cl)cc(Cl)c1. The normalized spacial score (nSPS) is 16.1. The topological polar surface area (TPSA) is 80.1 Å². The summed E-state index contributed by atoms with van der Waals surface area (Å²) in [4.78, 5) is 31.2. The Morgan fingerprint density at radius 2 is 1.79 bits per heavy atom. The van der Waals surface area contributed by atoms with Crippen molar-refractivity contribution in [2.45, 2.75) is 18.9 Å². The Balaban J connectivity index is 1.47. The van der Waals surface area contributed by atoms with Gasteiger partial charge in [0.15, 0.2) is 0 Å². The molecule has 2 aromatic carbocycles. The zero-order chi connectivity index (χ0) is 20.4. The van der Waals surface area contributed by atoms with Gasteiger partial charge in [-0.1, -0.05) is 23.2 Å². The molecule has 1 aliphatic heterocycles. The van der Waals surface area contributed by atoms with Crippen LogP contribution in [0.4, 0.5) is 5.69 Å². The molecule has 0 aliphatic carbocycles. The molecule has 2 amide bonds. The molecule has 9 heteroatoms. The predicted octanol–water partition coefficient (Wildman–Crippen LogP) is 3.82. The molecule has 1 aromatic heterocycles. The molecule has 4 rings (SSSR count). The van der Waals surface area contributed by atoms with Crippen LogP contribution in [0.5, 0.6) is 0 Å². The summed E-state index contributed by atoms with van der Waals surface area (Å²) in [6.45, 7) is 0.506. The summed E-state index contributed by atoms with van der Waals surface area (Å²) >= 11 is 12.0. The van der Waals surface area contributed by atoms with E-state index in [-0.39, 0.29) is 11.8 Å². The highest BCUT2D eigenvalue weighted by molar-refractivity contribution is 6.35. The minimum absolute atomic E-state index is 0.225. The van der Waals surface area contributed by atoms with Gasteiger partial charge in [0.05, 0.1) is 5.69 Å². The number of nitrogens with one attached hydrogen (secondary N) is 1. The number of aromatic nitrogens is 3. The molecule has 1 aliphatic rings. The van der Waals surface area contributed by atoms with E-state index in [1.807, 2.05) is 12.1 Å². The molecule has 148 valence electrons. The number of halogens is 2. The van der Waals surface area contributed by atoms with E-state index in [4.69, 9.17) is 23.2 Å². The average Bonchev–Trinajstić information content (AvgIpc) is 3.39. The van der Waals surface area contributed by atoms with Gasteiger partial charge in [-0.2, -0.15) is 5.10 Å². The fraction of sp³-hybridized carbons (Fsp3) is 0.200. The second kappa shape index (κ2) is 8.23. The summed E-state index contributed by atoms with van der Waals surface area (Å²) in [6.07, 6.45) is 4.40. The van der Waals surface area contributed by atoms with Crippen molar-refractivity contribution in [3.8, 4) is 5.69 Å². The van der Waals surface area contributed by atoms with E-state index in [0.29, 0.717) is 34.3 Å². The van der Waals surface area contributed by atoms with Gasteiger partial charge < -0.3 is 10.2 Å². The molecule has 1 unspecified atom stereocenters. The summed E-state index contributed by atoms with van der Waals surface area (Å²) in [6, 6.07) is 11.4. The van der Waals surface area contributed by atoms with Crippen LogP contribution in [0.1, 0.15) is 23.2 Å². The number of hydrogen-bond donors (Lipinski definition) is 1. The van der Waals surface area contributed by atoms with E-state index in [1.54, 1.807) is 46.2 Å². The third-order valence-corrected chi connectivity index (χ3v) is 5.18. The van der Waals surface area contributed by atoms with Gasteiger partial charge in [0, 0.05) is 27.8 Å². The molecule has 2 heterocycles. The van der Waals surface area contributed by atoms with Crippen molar-refractivity contribution in [3.05, 3.63) is 70.7 Å². The molecule has 0 radical (unpaired) electrons. The Labute approximate surface area is 177 Å². The minimum Gasteiger partial charge on any atom is -0.327 e. The van der Waals surface area contributed by atoms with E-state index in [9.17, 15) is 9.59 Å². The first-order valence-electron chi connectivity index (χ1n) is 9.04. The molecular weight excluding hydrogens is 413 g/mol. The van der Waals surface area contributed by atoms with Gasteiger partial charge in [0.2, 0.25) is 5.91 Å². The lowest BCUT2D eigenvalue weighted by molar-refractivity contribution is -0.119. The van der Waals surface area contributed by atoms with Crippen LogP contribution >= 0.6 is 23.2 Å². The smallest absolute Gasteiger partial charge is 0.254 e. The average molecular weight is 430 g/mol. The minimum atomic E-state index is -0.546. The molecule has 7 nitrogen and oxygen atoms in total. The standard InChI is InChI=1S/C20H17Cl2N5O2/c21-14-8-13(9-15(22)10-14)20(29)26-7-1-2-18(26)19(28)25-16-3-5-17(6-4-16)27-12-23-11-24-27/h3-6,8-12,18H,1-2,7H2,(H,25,28). The maximum atomic E-state index is 12.9. The summed E-state index contributed by atoms with van der Waals surface area (Å²) in [7, 11) is 0. The number of nitrogens with zero attached hydrogens (tertiary/aromatic N) is 4. The Bertz CT molecular complexity index is 1020. The molecule has 29 heavy (non-hydrogen) atoms. The van der Waals surface area contributed by atoms with Crippen molar-refractivity contribution in [3.63, 3.8) is 0 Å². The number of carbonyl (C=O) groups excluding carboxylic acids is 2. The lowest BCUT2D eigenvalue weighted by Crippen LogP contribution is -2.43. The molecule has 1 fully saturated rings. The summed E-state index contributed by atoms with van der Waals surface area (Å²) in [5.41, 5.74) is 1.85. The van der Waals surface area contributed by atoms with Gasteiger partial charge in [0.1, 0.15) is 18.7 Å². The van der Waals surface area contributed by atoms with Crippen LogP contribution < -0.4 is 5.32 Å². The Hall–Kier alpha value is -2.90. The van der Waals surface area contributed by atoms with Crippen LogP contribution in [0.2, 0.25) is 10.0 Å². The second-order valence-electron chi connectivity index (χ2n) is 6.69. The van der Waals surface area contributed by atoms with Crippen molar-refractivity contribution in [1.82, 2.24) is 19.7 Å². The van der Waals surface area contributed by atoms with Gasteiger partial charge >= 0.3 is 0 Å². The zero-order valence-electron chi connectivity index (χ0n) is 15.3. The first kappa shape index (κ1) is 19.4. The monoisotopic (exact) mass is 429 g/mol. The third-order valence-electron chi connectivity index (χ3n) is 4.74. The summed E-state index contributed by atoms with van der Waals surface area (Å²) in [5.74, 6) is -0.480. The van der Waals surface area contributed by atoms with Crippen molar-refractivity contribution in [2.75, 3.05) is 11.9 Å². The maximum Gasteiger partial charge on any atom is 0.254 e. The van der Waals surface area contributed by atoms with Gasteiger partial charge in [-0.15, -0.1) is 0 Å². The number of benzene rings is 2. The highest BCUT2D eigenvalue weighted by atomic mass is 35.5. The Morgan fingerprint density at radius 3 is 2.45 bits per heavy atom. The number of rotatable bonds is 4. The van der Waals surface area contributed by atoms with Crippen LogP contribution in [0, 0.1) is 0 Å². The quantitative estimate of drug-likeness (QED) is 0.683. The maximum absolute atomic E-state index is 12.9. The van der Waals surface area contributed by atoms with E-state index in [1.165, 1.54) is 6.33 Å². The van der Waals surface area contributed by atoms with Crippen molar-refractivity contribution >= 4 is 40.7 Å². The molecule has 0 spiro atoms. The number of likely N-dealkylation sites (tertiary alicyclic amines) is 1. The zero-order valence-corrected chi connectivity index (χ0v) is 16.8. The highest BCUT2D eigenvalue weighted by Crippen LogP contribution is 2.25. The molecule has 1 atom stereocenters. The van der Waals surface area contributed by atoms with Crippen LogP contribution in [0.25, 0.3) is 5.69 Å². The number of amides is 2. The Morgan fingerprint density at radius 1 is 1.07 bits per heavy atom. The Kier molecular flexibility index (Phi) is 5.51. The fourth-order valence-corrected chi connectivity index (χ4v) is 3.92. The first-order valence-corrected chi connectivity index (χ1v) is 9.80. The van der Waals surface area contributed by atoms with Crippen LogP contribution in [0.15, 0.2) is 55.1 Å². The van der Waals surface area contributed by atoms with Crippen LogP contribution in [-0.2, 0) is 4.79 Å². The molecule has 0 bridgehead atoms. The summed E-state index contributed by atoms with van der Waals surface area (Å²) < 4.78 is 1.62. The number of hydrogen-bond acceptors (Lipinski definition) is 4. The van der Waals surface area contributed by atoms with Crippen molar-refractivity contribution in [1.29, 1.82) is 0 Å². The van der Waals surface area contributed by atoms with Crippen LogP contribution in [0.3, 0.4) is 0 Å². The van der Waals surface area contributed by atoms with E-state index in [2.05, 4.69) is 15.4 Å². The fourth-order valence-electron chi connectivity index (χ4n) is 3.39. The lowest BCUT2D eigenvalue weighted by Gasteiger charge is -2.24. The van der Waals surface area contributed by atoms with Gasteiger partial charge in [-0.25, -0.2) is 9.67 Å². The molecule has 3 aromatic rings. The van der Waals surface area contributed by atoms with Gasteiger partial charge in [0.25, 0.3) is 5.91 Å². The molecule has 1 N–H and O–H groups in total. The predicted molar refractivity (Wildman–Crippen MR) is 111 cm³/mol. The summed E-state index contributed by atoms with van der Waals surface area (Å²) in [5, 5.41) is 7.72. The first-order chi connectivity index (χ1) is 14.0. The van der Waals surface area contributed by atoms with E-state index in [0.717, 1.165) is 12.1 Å². The molecular formula is C20H17Cl2N5O2. The van der Waals surface area contributed by atoms with Crippen molar-refractivity contribution < 1.29 is 9.59 Å². The van der Waals surface area contributed by atoms with Crippen LogP contribution in [-0.4, -0.2) is 44.1 Å². The van der Waals surface area contributed by atoms with Gasteiger partial charge in [-0.3, -0.25) is 9.59 Å². The largest absolute Gasteiger partial charge is 0.327 e. The highest BCUT2D eigenvalue weighted by Gasteiger charge is 2.34. The lowest BCUT2D eigenvalue weighted by atomic mass is 10.1.